The molecule has 0 unspecified atom stereocenters. The zero-order valence-corrected chi connectivity index (χ0v) is 30.4. The minimum Gasteiger partial charge on any atom is -0.256 e. The number of hydrogen-bond acceptors (Lipinski definition) is 4. The molecule has 0 radical (unpaired) electrons. The summed E-state index contributed by atoms with van der Waals surface area (Å²) in [5, 5.41) is 3.57. The van der Waals surface area contributed by atoms with Crippen molar-refractivity contribution in [3.05, 3.63) is 206 Å². The van der Waals surface area contributed by atoms with E-state index in [0.717, 1.165) is 49.8 Å². The van der Waals surface area contributed by atoms with E-state index in [1.807, 2.05) is 42.6 Å². The third-order valence-corrected chi connectivity index (χ3v) is 10.4. The first kappa shape index (κ1) is 33.0. The minimum absolute atomic E-state index is 0.639. The third-order valence-electron chi connectivity index (χ3n) is 10.4. The van der Waals surface area contributed by atoms with Crippen molar-refractivity contribution in [2.24, 2.45) is 0 Å². The number of rotatable bonds is 7. The number of pyridine rings is 1. The van der Waals surface area contributed by atoms with Crippen molar-refractivity contribution in [3.63, 3.8) is 0 Å². The average molecular weight is 715 g/mol. The first-order valence-electron chi connectivity index (χ1n) is 18.8. The Balaban J connectivity index is 0.893. The average Bonchev–Trinajstić information content (AvgIpc) is 3.29. The maximum absolute atomic E-state index is 4.97. The van der Waals surface area contributed by atoms with E-state index in [1.165, 1.54) is 33.0 Å². The summed E-state index contributed by atoms with van der Waals surface area (Å²) in [6, 6.07) is 69.9. The Morgan fingerprint density at radius 3 is 1.07 bits per heavy atom. The molecular formula is C52H34N4. The second-order valence-corrected chi connectivity index (χ2v) is 13.9. The molecule has 4 heteroatoms. The van der Waals surface area contributed by atoms with Crippen molar-refractivity contribution < 1.29 is 0 Å². The molecule has 10 rings (SSSR count). The largest absolute Gasteiger partial charge is 0.256 e. The van der Waals surface area contributed by atoms with Crippen LogP contribution in [0.15, 0.2) is 206 Å². The molecule has 2 heterocycles. The lowest BCUT2D eigenvalue weighted by molar-refractivity contribution is 1.07. The monoisotopic (exact) mass is 714 g/mol. The van der Waals surface area contributed by atoms with Crippen LogP contribution in [0.25, 0.3) is 100 Å². The van der Waals surface area contributed by atoms with Crippen molar-refractivity contribution in [2.45, 2.75) is 0 Å². The van der Waals surface area contributed by atoms with Crippen LogP contribution in [0.5, 0.6) is 0 Å². The first-order valence-corrected chi connectivity index (χ1v) is 18.8. The summed E-state index contributed by atoms with van der Waals surface area (Å²) >= 11 is 0. The summed E-state index contributed by atoms with van der Waals surface area (Å²) < 4.78 is 0. The summed E-state index contributed by atoms with van der Waals surface area (Å²) in [5.74, 6) is 1.93. The van der Waals surface area contributed by atoms with Gasteiger partial charge in [-0.1, -0.05) is 194 Å². The predicted molar refractivity (Wildman–Crippen MR) is 231 cm³/mol. The lowest BCUT2D eigenvalue weighted by Gasteiger charge is -2.10. The van der Waals surface area contributed by atoms with Gasteiger partial charge in [0, 0.05) is 33.7 Å². The Morgan fingerprint density at radius 2 is 0.589 bits per heavy atom. The normalized spacial score (nSPS) is 11.2. The van der Waals surface area contributed by atoms with E-state index >= 15 is 0 Å². The van der Waals surface area contributed by atoms with E-state index in [4.69, 9.17) is 19.9 Å². The van der Waals surface area contributed by atoms with Crippen molar-refractivity contribution >= 4 is 21.7 Å². The van der Waals surface area contributed by atoms with Crippen LogP contribution >= 0.6 is 0 Å². The molecule has 0 N–H and O–H groups in total. The molecule has 10 aromatic rings. The second kappa shape index (κ2) is 14.3. The van der Waals surface area contributed by atoms with Gasteiger partial charge in [-0.05, 0) is 56.0 Å². The van der Waals surface area contributed by atoms with Crippen LogP contribution in [0.4, 0.5) is 0 Å². The molecule has 4 nitrogen and oxygen atoms in total. The maximum atomic E-state index is 4.97. The van der Waals surface area contributed by atoms with E-state index in [2.05, 4.69) is 164 Å². The molecule has 56 heavy (non-hydrogen) atoms. The standard InChI is InChI=1S/C52H34N4/c1-3-9-35(10-4-1)36-23-27-43(28-24-36)51-54-50(42-11-5-2-6-12-42)55-52(56-51)44-29-25-40(26-30-44)38-17-15-37(16-18-38)39-19-21-41(22-20-39)45-31-32-48-47-14-8-7-13-46(47)34-53-49(48)33-45/h1-34H. The summed E-state index contributed by atoms with van der Waals surface area (Å²) in [7, 11) is 0. The van der Waals surface area contributed by atoms with Gasteiger partial charge in [-0.15, -0.1) is 0 Å². The highest BCUT2D eigenvalue weighted by Gasteiger charge is 2.13. The SMILES string of the molecule is c1ccc(-c2ccc(-c3nc(-c4ccccc4)nc(-c4ccc(-c5ccc(-c6ccc(-c7ccc8c(c7)ncc7ccccc78)cc6)cc5)cc4)n3)cc2)cc1. The van der Waals surface area contributed by atoms with Crippen LogP contribution in [0.1, 0.15) is 0 Å². The predicted octanol–water partition coefficient (Wildman–Crippen LogP) is 13.2. The molecule has 8 aromatic carbocycles. The molecule has 0 amide bonds. The zero-order valence-electron chi connectivity index (χ0n) is 30.4. The number of hydrogen-bond donors (Lipinski definition) is 0. The Hall–Kier alpha value is -7.56. The molecule has 262 valence electrons. The summed E-state index contributed by atoms with van der Waals surface area (Å²) in [5.41, 5.74) is 13.1. The van der Waals surface area contributed by atoms with Crippen LogP contribution in [0.2, 0.25) is 0 Å². The molecule has 0 saturated heterocycles. The maximum Gasteiger partial charge on any atom is 0.164 e. The van der Waals surface area contributed by atoms with Gasteiger partial charge >= 0.3 is 0 Å². The van der Waals surface area contributed by atoms with Crippen LogP contribution in [0, 0.1) is 0 Å². The lowest BCUT2D eigenvalue weighted by atomic mass is 9.97. The number of nitrogens with zero attached hydrogens (tertiary/aromatic N) is 4. The van der Waals surface area contributed by atoms with E-state index in [0.29, 0.717) is 17.5 Å². The Morgan fingerprint density at radius 1 is 0.250 bits per heavy atom. The molecule has 2 aromatic heterocycles. The van der Waals surface area contributed by atoms with E-state index in [9.17, 15) is 0 Å². The van der Waals surface area contributed by atoms with Gasteiger partial charge in [0.1, 0.15) is 0 Å². The Kier molecular flexibility index (Phi) is 8.47. The van der Waals surface area contributed by atoms with Crippen LogP contribution in [-0.2, 0) is 0 Å². The minimum atomic E-state index is 0.639. The molecule has 0 aliphatic heterocycles. The highest BCUT2D eigenvalue weighted by Crippen LogP contribution is 2.32. The lowest BCUT2D eigenvalue weighted by Crippen LogP contribution is -2.00. The van der Waals surface area contributed by atoms with Crippen molar-refractivity contribution in [1.29, 1.82) is 0 Å². The first-order chi connectivity index (χ1) is 27.7. The zero-order chi connectivity index (χ0) is 37.3. The highest BCUT2D eigenvalue weighted by atomic mass is 15.0. The van der Waals surface area contributed by atoms with Gasteiger partial charge < -0.3 is 0 Å². The van der Waals surface area contributed by atoms with E-state index in [-0.39, 0.29) is 0 Å². The number of fused-ring (bicyclic) bond motifs is 3. The Labute approximate surface area is 325 Å². The molecule has 0 aliphatic rings. The van der Waals surface area contributed by atoms with Crippen molar-refractivity contribution in [1.82, 2.24) is 19.9 Å². The smallest absolute Gasteiger partial charge is 0.164 e. The van der Waals surface area contributed by atoms with Gasteiger partial charge in [0.2, 0.25) is 0 Å². The summed E-state index contributed by atoms with van der Waals surface area (Å²) in [6.45, 7) is 0. The fourth-order valence-corrected chi connectivity index (χ4v) is 7.35. The molecule has 0 fully saturated rings. The molecule has 0 spiro atoms. The van der Waals surface area contributed by atoms with Gasteiger partial charge in [-0.3, -0.25) is 4.98 Å². The van der Waals surface area contributed by atoms with Gasteiger partial charge in [-0.2, -0.15) is 0 Å². The summed E-state index contributed by atoms with van der Waals surface area (Å²) in [4.78, 5) is 19.6. The van der Waals surface area contributed by atoms with Crippen molar-refractivity contribution in [2.75, 3.05) is 0 Å². The molecular weight excluding hydrogens is 681 g/mol. The molecule has 0 aliphatic carbocycles. The third kappa shape index (κ3) is 6.50. The Bertz CT molecular complexity index is 2960. The molecule has 0 saturated carbocycles. The van der Waals surface area contributed by atoms with Gasteiger partial charge in [0.15, 0.2) is 17.5 Å². The molecule has 0 bridgehead atoms. The fraction of sp³-hybridized carbons (Fsp3) is 0. The van der Waals surface area contributed by atoms with Crippen LogP contribution < -0.4 is 0 Å². The highest BCUT2D eigenvalue weighted by molar-refractivity contribution is 6.06. The van der Waals surface area contributed by atoms with E-state index in [1.54, 1.807) is 0 Å². The van der Waals surface area contributed by atoms with E-state index < -0.39 is 0 Å². The summed E-state index contributed by atoms with van der Waals surface area (Å²) in [6.07, 6.45) is 1.96. The van der Waals surface area contributed by atoms with Gasteiger partial charge in [-0.25, -0.2) is 15.0 Å². The topological polar surface area (TPSA) is 51.6 Å². The number of aromatic nitrogens is 4. The molecule has 0 atom stereocenters. The quantitative estimate of drug-likeness (QED) is 0.154. The second-order valence-electron chi connectivity index (χ2n) is 13.9. The van der Waals surface area contributed by atoms with Crippen LogP contribution in [0.3, 0.4) is 0 Å². The fourth-order valence-electron chi connectivity index (χ4n) is 7.35. The van der Waals surface area contributed by atoms with Crippen molar-refractivity contribution in [3.8, 4) is 78.7 Å². The van der Waals surface area contributed by atoms with Gasteiger partial charge in [0.25, 0.3) is 0 Å². The number of benzene rings is 8. The van der Waals surface area contributed by atoms with Crippen LogP contribution in [-0.4, -0.2) is 19.9 Å². The van der Waals surface area contributed by atoms with Gasteiger partial charge in [0.05, 0.1) is 5.52 Å².